The van der Waals surface area contributed by atoms with Crippen LogP contribution in [0.1, 0.15) is 12.7 Å². The molecular formula is C20H16Cl2N4O. The van der Waals surface area contributed by atoms with Crippen LogP contribution in [-0.4, -0.2) is 15.8 Å². The second kappa shape index (κ2) is 7.47. The minimum absolute atomic E-state index is 0.487. The second-order valence-corrected chi connectivity index (χ2v) is 6.68. The van der Waals surface area contributed by atoms with Gasteiger partial charge in [-0.1, -0.05) is 35.3 Å². The lowest BCUT2D eigenvalue weighted by Gasteiger charge is -2.04. The lowest BCUT2D eigenvalue weighted by molar-refractivity contribution is 0.575. The Morgan fingerprint density at radius 3 is 2.78 bits per heavy atom. The van der Waals surface area contributed by atoms with Gasteiger partial charge in [0.2, 0.25) is 5.95 Å². The van der Waals surface area contributed by atoms with Crippen LogP contribution in [0.15, 0.2) is 64.1 Å². The highest BCUT2D eigenvalue weighted by atomic mass is 35.5. The lowest BCUT2D eigenvalue weighted by atomic mass is 10.2. The van der Waals surface area contributed by atoms with Gasteiger partial charge in [0.05, 0.1) is 27.3 Å². The van der Waals surface area contributed by atoms with Crippen molar-refractivity contribution >= 4 is 46.4 Å². The van der Waals surface area contributed by atoms with E-state index in [1.807, 2.05) is 42.5 Å². The Kier molecular flexibility index (Phi) is 4.88. The van der Waals surface area contributed by atoms with Crippen LogP contribution in [0, 0.1) is 0 Å². The van der Waals surface area contributed by atoms with Crippen molar-refractivity contribution in [1.82, 2.24) is 9.55 Å². The van der Waals surface area contributed by atoms with Crippen molar-refractivity contribution in [3.8, 4) is 11.3 Å². The normalized spacial score (nSPS) is 11.5. The summed E-state index contributed by atoms with van der Waals surface area (Å²) in [6, 6.07) is 17.1. The van der Waals surface area contributed by atoms with E-state index < -0.39 is 0 Å². The second-order valence-electron chi connectivity index (χ2n) is 5.87. The number of nitrogens with one attached hydrogen (secondary N) is 1. The van der Waals surface area contributed by atoms with E-state index in [0.717, 1.165) is 23.1 Å². The highest BCUT2D eigenvalue weighted by Crippen LogP contribution is 2.29. The Balaban J connectivity index is 1.53. The van der Waals surface area contributed by atoms with E-state index in [-0.39, 0.29) is 0 Å². The molecule has 0 atom stereocenters. The molecule has 136 valence electrons. The number of hydrazone groups is 1. The molecule has 0 bridgehead atoms. The van der Waals surface area contributed by atoms with E-state index in [0.29, 0.717) is 27.5 Å². The van der Waals surface area contributed by atoms with Gasteiger partial charge in [-0.15, -0.1) is 0 Å². The standard InChI is InChI=1S/C20H16Cl2N4O/c1-2-26-18-6-4-3-5-17(18)24-20(26)25-23-12-14-8-10-19(27-14)13-7-9-15(21)16(22)11-13/h3-12H,2H2,1H3,(H,24,25)/b23-12-. The zero-order valence-corrected chi connectivity index (χ0v) is 16.0. The zero-order valence-electron chi connectivity index (χ0n) is 14.5. The maximum Gasteiger partial charge on any atom is 0.224 e. The van der Waals surface area contributed by atoms with E-state index in [1.54, 1.807) is 18.3 Å². The molecule has 0 amide bonds. The van der Waals surface area contributed by atoms with Crippen molar-refractivity contribution in [2.24, 2.45) is 5.10 Å². The first-order chi connectivity index (χ1) is 13.2. The molecule has 2 aromatic heterocycles. The van der Waals surface area contributed by atoms with Gasteiger partial charge < -0.3 is 8.98 Å². The van der Waals surface area contributed by atoms with Gasteiger partial charge in [0.25, 0.3) is 0 Å². The van der Waals surface area contributed by atoms with Crippen molar-refractivity contribution in [2.45, 2.75) is 13.5 Å². The molecule has 1 N–H and O–H groups in total. The van der Waals surface area contributed by atoms with Gasteiger partial charge in [-0.25, -0.2) is 10.4 Å². The van der Waals surface area contributed by atoms with Crippen LogP contribution in [0.4, 0.5) is 5.95 Å². The minimum Gasteiger partial charge on any atom is -0.455 e. The smallest absolute Gasteiger partial charge is 0.224 e. The molecule has 4 aromatic rings. The van der Waals surface area contributed by atoms with Crippen LogP contribution in [0.25, 0.3) is 22.4 Å². The Morgan fingerprint density at radius 1 is 1.11 bits per heavy atom. The van der Waals surface area contributed by atoms with Crippen LogP contribution in [0.5, 0.6) is 0 Å². The molecule has 0 aliphatic rings. The summed E-state index contributed by atoms with van der Waals surface area (Å²) in [4.78, 5) is 4.57. The third kappa shape index (κ3) is 3.56. The predicted octanol–water partition coefficient (Wildman–Crippen LogP) is 6.07. The quantitative estimate of drug-likeness (QED) is 0.327. The molecule has 2 aromatic carbocycles. The van der Waals surface area contributed by atoms with E-state index in [2.05, 4.69) is 27.0 Å². The van der Waals surface area contributed by atoms with E-state index in [9.17, 15) is 0 Å². The molecule has 0 fully saturated rings. The molecule has 0 saturated carbocycles. The first-order valence-corrected chi connectivity index (χ1v) is 9.21. The highest BCUT2D eigenvalue weighted by Gasteiger charge is 2.08. The van der Waals surface area contributed by atoms with Crippen LogP contribution in [0.2, 0.25) is 10.0 Å². The zero-order chi connectivity index (χ0) is 18.8. The van der Waals surface area contributed by atoms with Gasteiger partial charge in [-0.2, -0.15) is 5.10 Å². The number of nitrogens with zero attached hydrogens (tertiary/aromatic N) is 3. The van der Waals surface area contributed by atoms with Crippen LogP contribution < -0.4 is 5.43 Å². The lowest BCUT2D eigenvalue weighted by Crippen LogP contribution is -2.01. The molecule has 2 heterocycles. The third-order valence-corrected chi connectivity index (χ3v) is 4.90. The molecule has 0 unspecified atom stereocenters. The van der Waals surface area contributed by atoms with Gasteiger partial charge in [0.15, 0.2) is 0 Å². The Bertz CT molecular complexity index is 1130. The summed E-state index contributed by atoms with van der Waals surface area (Å²) in [5.74, 6) is 1.99. The molecule has 0 saturated heterocycles. The average molecular weight is 399 g/mol. The number of benzene rings is 2. The number of para-hydroxylation sites is 2. The Labute approximate surface area is 166 Å². The summed E-state index contributed by atoms with van der Waals surface area (Å²) in [5.41, 5.74) is 5.84. The summed E-state index contributed by atoms with van der Waals surface area (Å²) in [6.45, 7) is 2.86. The van der Waals surface area contributed by atoms with Gasteiger partial charge in [-0.3, -0.25) is 0 Å². The number of furan rings is 1. The molecule has 27 heavy (non-hydrogen) atoms. The molecule has 5 nitrogen and oxygen atoms in total. The average Bonchev–Trinajstić information content (AvgIpc) is 3.28. The van der Waals surface area contributed by atoms with E-state index in [4.69, 9.17) is 27.6 Å². The summed E-state index contributed by atoms with van der Waals surface area (Å²) in [7, 11) is 0. The number of aryl methyl sites for hydroxylation is 1. The number of hydrogen-bond acceptors (Lipinski definition) is 4. The monoisotopic (exact) mass is 398 g/mol. The molecule has 4 rings (SSSR count). The number of anilines is 1. The Morgan fingerprint density at radius 2 is 1.96 bits per heavy atom. The fourth-order valence-electron chi connectivity index (χ4n) is 2.86. The summed E-state index contributed by atoms with van der Waals surface area (Å²) in [6.07, 6.45) is 1.61. The first kappa shape index (κ1) is 17.6. The van der Waals surface area contributed by atoms with Crippen LogP contribution >= 0.6 is 23.2 Å². The fourth-order valence-corrected chi connectivity index (χ4v) is 3.16. The maximum atomic E-state index is 6.06. The summed E-state index contributed by atoms with van der Waals surface area (Å²) < 4.78 is 7.87. The number of fused-ring (bicyclic) bond motifs is 1. The number of imidazole rings is 1. The van der Waals surface area contributed by atoms with E-state index in [1.165, 1.54) is 0 Å². The molecule has 7 heteroatoms. The first-order valence-electron chi connectivity index (χ1n) is 8.45. The SMILES string of the molecule is CCn1c(N/N=C\c2ccc(-c3ccc(Cl)c(Cl)c3)o2)nc2ccccc21. The van der Waals surface area contributed by atoms with Crippen molar-refractivity contribution in [3.63, 3.8) is 0 Å². The number of aromatic nitrogens is 2. The third-order valence-electron chi connectivity index (χ3n) is 4.16. The van der Waals surface area contributed by atoms with Gasteiger partial charge in [0, 0.05) is 12.1 Å². The largest absolute Gasteiger partial charge is 0.455 e. The molecule has 0 spiro atoms. The van der Waals surface area contributed by atoms with Crippen molar-refractivity contribution < 1.29 is 4.42 Å². The fraction of sp³-hybridized carbons (Fsp3) is 0.100. The van der Waals surface area contributed by atoms with Gasteiger partial charge in [0.1, 0.15) is 11.5 Å². The van der Waals surface area contributed by atoms with Crippen molar-refractivity contribution in [1.29, 1.82) is 0 Å². The van der Waals surface area contributed by atoms with Crippen LogP contribution in [0.3, 0.4) is 0 Å². The van der Waals surface area contributed by atoms with Crippen molar-refractivity contribution in [2.75, 3.05) is 5.43 Å². The van der Waals surface area contributed by atoms with Gasteiger partial charge >= 0.3 is 0 Å². The minimum atomic E-state index is 0.487. The molecule has 0 radical (unpaired) electrons. The number of rotatable bonds is 5. The summed E-state index contributed by atoms with van der Waals surface area (Å²) >= 11 is 12.0. The Hall–Kier alpha value is -2.76. The maximum absolute atomic E-state index is 6.06. The molecule has 0 aliphatic carbocycles. The predicted molar refractivity (Wildman–Crippen MR) is 111 cm³/mol. The van der Waals surface area contributed by atoms with Crippen LogP contribution in [-0.2, 0) is 6.54 Å². The highest BCUT2D eigenvalue weighted by molar-refractivity contribution is 6.42. The number of halogens is 2. The van der Waals surface area contributed by atoms with Gasteiger partial charge in [-0.05, 0) is 49.4 Å². The topological polar surface area (TPSA) is 55.4 Å². The number of hydrogen-bond donors (Lipinski definition) is 1. The van der Waals surface area contributed by atoms with Crippen molar-refractivity contribution in [3.05, 3.63) is 70.4 Å². The van der Waals surface area contributed by atoms with E-state index >= 15 is 0 Å². The molecule has 0 aliphatic heterocycles. The molecular weight excluding hydrogens is 383 g/mol. The summed E-state index contributed by atoms with van der Waals surface area (Å²) in [5, 5.41) is 5.25.